The van der Waals surface area contributed by atoms with E-state index in [-0.39, 0.29) is 5.91 Å². The van der Waals surface area contributed by atoms with Gasteiger partial charge in [0.2, 0.25) is 0 Å². The number of hydrogen-bond donors (Lipinski definition) is 1. The molecule has 0 bridgehead atoms. The summed E-state index contributed by atoms with van der Waals surface area (Å²) in [6.45, 7) is 11.3. The van der Waals surface area contributed by atoms with E-state index in [2.05, 4.69) is 37.6 Å². The van der Waals surface area contributed by atoms with Gasteiger partial charge in [-0.3, -0.25) is 4.79 Å². The lowest BCUT2D eigenvalue weighted by Gasteiger charge is -2.28. The maximum Gasteiger partial charge on any atom is 0.270 e. The van der Waals surface area contributed by atoms with Gasteiger partial charge in [0.15, 0.2) is 0 Å². The highest BCUT2D eigenvalue weighted by molar-refractivity contribution is 5.92. The van der Waals surface area contributed by atoms with Crippen LogP contribution in [0.25, 0.3) is 0 Å². The highest BCUT2D eigenvalue weighted by Crippen LogP contribution is 2.16. The molecule has 0 radical (unpaired) electrons. The summed E-state index contributed by atoms with van der Waals surface area (Å²) in [5.41, 5.74) is 0.809. The maximum absolute atomic E-state index is 12.9. The zero-order valence-corrected chi connectivity index (χ0v) is 13.8. The molecule has 1 saturated heterocycles. The molecule has 1 aliphatic heterocycles. The summed E-state index contributed by atoms with van der Waals surface area (Å²) in [7, 11) is 0. The molecule has 1 atom stereocenters. The van der Waals surface area contributed by atoms with E-state index in [1.807, 2.05) is 23.2 Å². The molecule has 0 spiro atoms. The van der Waals surface area contributed by atoms with Gasteiger partial charge in [-0.2, -0.15) is 0 Å². The lowest BCUT2D eigenvalue weighted by Crippen LogP contribution is -2.43. The number of amides is 1. The molecule has 1 aliphatic rings. The predicted octanol–water partition coefficient (Wildman–Crippen LogP) is 2.92. The summed E-state index contributed by atoms with van der Waals surface area (Å²) in [6.07, 6.45) is 4.39. The zero-order valence-electron chi connectivity index (χ0n) is 13.8. The quantitative estimate of drug-likeness (QED) is 0.875. The molecule has 1 N–H and O–H groups in total. The minimum absolute atomic E-state index is 0.163. The van der Waals surface area contributed by atoms with Crippen molar-refractivity contribution >= 4 is 5.91 Å². The van der Waals surface area contributed by atoms with E-state index in [0.717, 1.165) is 25.3 Å². The van der Waals surface area contributed by atoms with Crippen molar-refractivity contribution in [1.29, 1.82) is 0 Å². The predicted molar refractivity (Wildman–Crippen MR) is 86.6 cm³/mol. The standard InChI is InChI=1S/C17H29N3O/c1-13(2)11-19(12-15-7-5-9-18-15)17(21)16-8-6-10-20(16)14(3)4/h6,8,10,13-15,18H,5,7,9,11-12H2,1-4H3. The molecule has 0 saturated carbocycles. The van der Waals surface area contributed by atoms with Crippen LogP contribution in [0.2, 0.25) is 0 Å². The van der Waals surface area contributed by atoms with E-state index in [1.165, 1.54) is 12.8 Å². The van der Waals surface area contributed by atoms with Gasteiger partial charge in [0.05, 0.1) is 0 Å². The number of rotatable bonds is 6. The summed E-state index contributed by atoms with van der Waals surface area (Å²) in [4.78, 5) is 15.0. The molecule has 0 aromatic carbocycles. The summed E-state index contributed by atoms with van der Waals surface area (Å²) >= 11 is 0. The van der Waals surface area contributed by atoms with Gasteiger partial charge in [0.1, 0.15) is 5.69 Å². The van der Waals surface area contributed by atoms with Crippen LogP contribution < -0.4 is 5.32 Å². The van der Waals surface area contributed by atoms with Crippen molar-refractivity contribution in [2.75, 3.05) is 19.6 Å². The smallest absolute Gasteiger partial charge is 0.270 e. The third-order valence-electron chi connectivity index (χ3n) is 4.03. The minimum Gasteiger partial charge on any atom is -0.341 e. The molecular formula is C17H29N3O. The second kappa shape index (κ2) is 7.12. The molecule has 1 amide bonds. The molecule has 21 heavy (non-hydrogen) atoms. The van der Waals surface area contributed by atoms with Gasteiger partial charge < -0.3 is 14.8 Å². The third kappa shape index (κ3) is 4.10. The highest BCUT2D eigenvalue weighted by atomic mass is 16.2. The summed E-state index contributed by atoms with van der Waals surface area (Å²) < 4.78 is 2.07. The number of carbonyl (C=O) groups excluding carboxylic acids is 1. The van der Waals surface area contributed by atoms with Crippen LogP contribution in [0, 0.1) is 5.92 Å². The molecule has 118 valence electrons. The van der Waals surface area contributed by atoms with E-state index in [1.54, 1.807) is 0 Å². The van der Waals surface area contributed by atoms with E-state index in [0.29, 0.717) is 18.0 Å². The lowest BCUT2D eigenvalue weighted by molar-refractivity contribution is 0.0709. The Hall–Kier alpha value is -1.29. The van der Waals surface area contributed by atoms with Crippen molar-refractivity contribution in [3.8, 4) is 0 Å². The molecule has 2 heterocycles. The highest BCUT2D eigenvalue weighted by Gasteiger charge is 2.25. The second-order valence-corrected chi connectivity index (χ2v) is 6.79. The Bertz CT molecular complexity index is 458. The molecule has 2 rings (SSSR count). The zero-order chi connectivity index (χ0) is 15.4. The number of aromatic nitrogens is 1. The van der Waals surface area contributed by atoms with Crippen molar-refractivity contribution in [2.24, 2.45) is 5.92 Å². The third-order valence-corrected chi connectivity index (χ3v) is 4.03. The van der Waals surface area contributed by atoms with E-state index in [9.17, 15) is 4.79 Å². The SMILES string of the molecule is CC(C)CN(CC1CCCN1)C(=O)c1cccn1C(C)C. The Balaban J connectivity index is 2.14. The van der Waals surface area contributed by atoms with Crippen LogP contribution >= 0.6 is 0 Å². The van der Waals surface area contributed by atoms with Crippen LogP contribution in [-0.4, -0.2) is 41.1 Å². The molecule has 4 heteroatoms. The largest absolute Gasteiger partial charge is 0.341 e. The van der Waals surface area contributed by atoms with Crippen LogP contribution in [-0.2, 0) is 0 Å². The molecule has 0 aliphatic carbocycles. The average molecular weight is 291 g/mol. The van der Waals surface area contributed by atoms with Crippen molar-refractivity contribution in [3.05, 3.63) is 24.0 Å². The fourth-order valence-electron chi connectivity index (χ4n) is 3.05. The van der Waals surface area contributed by atoms with Crippen molar-refractivity contribution in [1.82, 2.24) is 14.8 Å². The van der Waals surface area contributed by atoms with Gasteiger partial charge in [-0.15, -0.1) is 0 Å². The first-order valence-electron chi connectivity index (χ1n) is 8.18. The van der Waals surface area contributed by atoms with Crippen molar-refractivity contribution < 1.29 is 4.79 Å². The van der Waals surface area contributed by atoms with Gasteiger partial charge in [-0.25, -0.2) is 0 Å². The normalized spacial score (nSPS) is 18.7. The molecule has 4 nitrogen and oxygen atoms in total. The average Bonchev–Trinajstić information content (AvgIpc) is 3.07. The van der Waals surface area contributed by atoms with Crippen LogP contribution in [0.4, 0.5) is 0 Å². The van der Waals surface area contributed by atoms with E-state index < -0.39 is 0 Å². The second-order valence-electron chi connectivity index (χ2n) is 6.79. The fourth-order valence-corrected chi connectivity index (χ4v) is 3.05. The van der Waals surface area contributed by atoms with Crippen LogP contribution in [0.1, 0.15) is 57.1 Å². The van der Waals surface area contributed by atoms with Gasteiger partial charge in [0.25, 0.3) is 5.91 Å². The van der Waals surface area contributed by atoms with Gasteiger partial charge in [-0.05, 0) is 51.3 Å². The number of nitrogens with one attached hydrogen (secondary N) is 1. The first-order chi connectivity index (χ1) is 9.99. The molecule has 1 fully saturated rings. The Morgan fingerprint density at radius 3 is 2.76 bits per heavy atom. The molecular weight excluding hydrogens is 262 g/mol. The molecule has 1 aromatic heterocycles. The lowest BCUT2D eigenvalue weighted by atomic mass is 10.1. The maximum atomic E-state index is 12.9. The van der Waals surface area contributed by atoms with Crippen molar-refractivity contribution in [2.45, 2.75) is 52.6 Å². The molecule has 1 aromatic rings. The summed E-state index contributed by atoms with van der Waals surface area (Å²) in [6, 6.07) is 4.67. The summed E-state index contributed by atoms with van der Waals surface area (Å²) in [5.74, 6) is 0.647. The van der Waals surface area contributed by atoms with Crippen molar-refractivity contribution in [3.63, 3.8) is 0 Å². The summed E-state index contributed by atoms with van der Waals surface area (Å²) in [5, 5.41) is 3.50. The topological polar surface area (TPSA) is 37.3 Å². The number of hydrogen-bond acceptors (Lipinski definition) is 2. The fraction of sp³-hybridized carbons (Fsp3) is 0.706. The van der Waals surface area contributed by atoms with Gasteiger partial charge in [0, 0.05) is 31.4 Å². The Morgan fingerprint density at radius 1 is 1.43 bits per heavy atom. The van der Waals surface area contributed by atoms with Crippen LogP contribution in [0.15, 0.2) is 18.3 Å². The Labute approximate surface area is 128 Å². The minimum atomic E-state index is 0.163. The molecule has 1 unspecified atom stereocenters. The van der Waals surface area contributed by atoms with Gasteiger partial charge in [-0.1, -0.05) is 13.8 Å². The van der Waals surface area contributed by atoms with E-state index in [4.69, 9.17) is 0 Å². The number of nitrogens with zero attached hydrogens (tertiary/aromatic N) is 2. The van der Waals surface area contributed by atoms with Crippen LogP contribution in [0.3, 0.4) is 0 Å². The van der Waals surface area contributed by atoms with E-state index >= 15 is 0 Å². The van der Waals surface area contributed by atoms with Crippen LogP contribution in [0.5, 0.6) is 0 Å². The first-order valence-corrected chi connectivity index (χ1v) is 8.18. The number of carbonyl (C=O) groups is 1. The Morgan fingerprint density at radius 2 is 2.19 bits per heavy atom. The Kier molecular flexibility index (Phi) is 5.45. The monoisotopic (exact) mass is 291 g/mol. The van der Waals surface area contributed by atoms with Gasteiger partial charge >= 0.3 is 0 Å². The first kappa shape index (κ1) is 16.1.